The summed E-state index contributed by atoms with van der Waals surface area (Å²) in [6.45, 7) is 1.28. The highest BCUT2D eigenvalue weighted by molar-refractivity contribution is 8.01. The van der Waals surface area contributed by atoms with Crippen LogP contribution in [0.3, 0.4) is 0 Å². The molecule has 1 aromatic rings. The fourth-order valence-corrected chi connectivity index (χ4v) is 3.79. The molecule has 0 saturated carbocycles. The summed E-state index contributed by atoms with van der Waals surface area (Å²) < 4.78 is 5.46. The minimum absolute atomic E-state index is 0.111. The molecule has 118 valence electrons. The summed E-state index contributed by atoms with van der Waals surface area (Å²) in [7, 11) is 0. The van der Waals surface area contributed by atoms with Gasteiger partial charge < -0.3 is 15.4 Å². The molecule has 0 bridgehead atoms. The molecular weight excluding hydrogens is 324 g/mol. The Hall–Kier alpha value is -1.24. The second-order valence-electron chi connectivity index (χ2n) is 5.38. The molecule has 2 aliphatic heterocycles. The SMILES string of the molecule is O=C(C[C@@H]1Sc2ccc(Cl)cc2NC1=O)NC[C@@H]1CCCO1. The third-order valence-electron chi connectivity index (χ3n) is 3.68. The first-order valence-electron chi connectivity index (χ1n) is 7.27. The topological polar surface area (TPSA) is 67.4 Å². The molecule has 0 aliphatic carbocycles. The van der Waals surface area contributed by atoms with Gasteiger partial charge in [-0.25, -0.2) is 0 Å². The van der Waals surface area contributed by atoms with Crippen LogP contribution in [-0.2, 0) is 14.3 Å². The Labute approximate surface area is 138 Å². The summed E-state index contributed by atoms with van der Waals surface area (Å²) in [5, 5.41) is 5.81. The number of hydrogen-bond donors (Lipinski definition) is 2. The number of thioether (sulfide) groups is 1. The molecule has 0 unspecified atom stereocenters. The van der Waals surface area contributed by atoms with Crippen LogP contribution in [0.15, 0.2) is 23.1 Å². The molecular formula is C15H17ClN2O3S. The van der Waals surface area contributed by atoms with Gasteiger partial charge in [0.05, 0.1) is 17.0 Å². The normalized spacial score (nSPS) is 23.8. The van der Waals surface area contributed by atoms with Gasteiger partial charge in [-0.05, 0) is 31.0 Å². The Morgan fingerprint density at radius 2 is 2.36 bits per heavy atom. The van der Waals surface area contributed by atoms with Crippen molar-refractivity contribution in [3.63, 3.8) is 0 Å². The van der Waals surface area contributed by atoms with Crippen LogP contribution in [0.25, 0.3) is 0 Å². The molecule has 2 aliphatic rings. The van der Waals surface area contributed by atoms with Gasteiger partial charge in [-0.2, -0.15) is 0 Å². The molecule has 22 heavy (non-hydrogen) atoms. The Morgan fingerprint density at radius 3 is 3.14 bits per heavy atom. The maximum Gasteiger partial charge on any atom is 0.238 e. The first-order chi connectivity index (χ1) is 10.6. The van der Waals surface area contributed by atoms with E-state index in [2.05, 4.69) is 10.6 Å². The van der Waals surface area contributed by atoms with Crippen molar-refractivity contribution in [3.8, 4) is 0 Å². The Balaban J connectivity index is 1.55. The van der Waals surface area contributed by atoms with Crippen molar-refractivity contribution < 1.29 is 14.3 Å². The Kier molecular flexibility index (Phi) is 4.90. The summed E-state index contributed by atoms with van der Waals surface area (Å²) >= 11 is 7.31. The minimum atomic E-state index is -0.418. The van der Waals surface area contributed by atoms with E-state index in [9.17, 15) is 9.59 Å². The number of fused-ring (bicyclic) bond motifs is 1. The lowest BCUT2D eigenvalue weighted by Crippen LogP contribution is -2.37. The Bertz CT molecular complexity index is 590. The lowest BCUT2D eigenvalue weighted by Gasteiger charge is -2.24. The summed E-state index contributed by atoms with van der Waals surface area (Å²) in [6.07, 6.45) is 2.29. The van der Waals surface area contributed by atoms with E-state index in [1.165, 1.54) is 11.8 Å². The molecule has 7 heteroatoms. The largest absolute Gasteiger partial charge is 0.376 e. The van der Waals surface area contributed by atoms with Crippen LogP contribution in [0, 0.1) is 0 Å². The number of nitrogens with one attached hydrogen (secondary N) is 2. The van der Waals surface area contributed by atoms with Gasteiger partial charge >= 0.3 is 0 Å². The van der Waals surface area contributed by atoms with Crippen molar-refractivity contribution in [1.29, 1.82) is 0 Å². The lowest BCUT2D eigenvalue weighted by molar-refractivity contribution is -0.124. The van der Waals surface area contributed by atoms with E-state index >= 15 is 0 Å². The molecule has 0 spiro atoms. The monoisotopic (exact) mass is 340 g/mol. The fourth-order valence-electron chi connectivity index (χ4n) is 2.53. The average Bonchev–Trinajstić information content (AvgIpc) is 2.99. The third-order valence-corrected chi connectivity index (χ3v) is 5.19. The van der Waals surface area contributed by atoms with Crippen LogP contribution in [0.5, 0.6) is 0 Å². The van der Waals surface area contributed by atoms with Crippen LogP contribution in [-0.4, -0.2) is 36.3 Å². The van der Waals surface area contributed by atoms with Gasteiger partial charge in [-0.1, -0.05) is 11.6 Å². The van der Waals surface area contributed by atoms with Crippen LogP contribution >= 0.6 is 23.4 Å². The van der Waals surface area contributed by atoms with Crippen molar-refractivity contribution in [1.82, 2.24) is 5.32 Å². The van der Waals surface area contributed by atoms with E-state index in [1.807, 2.05) is 6.07 Å². The van der Waals surface area contributed by atoms with E-state index in [0.29, 0.717) is 17.3 Å². The second-order valence-corrected chi connectivity index (χ2v) is 7.06. The molecule has 2 atom stereocenters. The number of amides is 2. The standard InChI is InChI=1S/C15H17ClN2O3S/c16-9-3-4-12-11(6-9)18-15(20)13(22-12)7-14(19)17-8-10-2-1-5-21-10/h3-4,6,10,13H,1-2,5,7-8H2,(H,17,19)(H,18,20)/t10-,13-/m0/s1. The van der Waals surface area contributed by atoms with Crippen molar-refractivity contribution in [2.75, 3.05) is 18.5 Å². The molecule has 2 N–H and O–H groups in total. The zero-order valence-corrected chi connectivity index (χ0v) is 13.5. The number of hydrogen-bond acceptors (Lipinski definition) is 4. The van der Waals surface area contributed by atoms with Gasteiger partial charge in [-0.3, -0.25) is 9.59 Å². The quantitative estimate of drug-likeness (QED) is 0.883. The second kappa shape index (κ2) is 6.89. The molecule has 2 amide bonds. The molecule has 0 aromatic heterocycles. The van der Waals surface area contributed by atoms with Crippen molar-refractivity contribution in [2.24, 2.45) is 0 Å². The zero-order chi connectivity index (χ0) is 15.5. The molecule has 1 fully saturated rings. The van der Waals surface area contributed by atoms with E-state index in [0.717, 1.165) is 24.3 Å². The van der Waals surface area contributed by atoms with Crippen LogP contribution < -0.4 is 10.6 Å². The van der Waals surface area contributed by atoms with Crippen LogP contribution in [0.1, 0.15) is 19.3 Å². The number of benzene rings is 1. The first kappa shape index (κ1) is 15.6. The highest BCUT2D eigenvalue weighted by atomic mass is 35.5. The molecule has 0 radical (unpaired) electrons. The molecule has 1 aromatic carbocycles. The highest BCUT2D eigenvalue weighted by Gasteiger charge is 2.29. The fraction of sp³-hybridized carbons (Fsp3) is 0.467. The lowest BCUT2D eigenvalue weighted by atomic mass is 10.2. The van der Waals surface area contributed by atoms with Gasteiger partial charge in [0.1, 0.15) is 0 Å². The van der Waals surface area contributed by atoms with E-state index in [4.69, 9.17) is 16.3 Å². The number of carbonyl (C=O) groups is 2. The first-order valence-corrected chi connectivity index (χ1v) is 8.53. The summed E-state index contributed by atoms with van der Waals surface area (Å²) in [5.41, 5.74) is 0.707. The highest BCUT2D eigenvalue weighted by Crippen LogP contribution is 2.38. The van der Waals surface area contributed by atoms with Crippen molar-refractivity contribution in [3.05, 3.63) is 23.2 Å². The van der Waals surface area contributed by atoms with Crippen molar-refractivity contribution in [2.45, 2.75) is 35.5 Å². The maximum absolute atomic E-state index is 12.1. The molecule has 2 heterocycles. The number of rotatable bonds is 4. The van der Waals surface area contributed by atoms with Crippen LogP contribution in [0.4, 0.5) is 5.69 Å². The third kappa shape index (κ3) is 3.74. The summed E-state index contributed by atoms with van der Waals surface area (Å²) in [6, 6.07) is 5.36. The van der Waals surface area contributed by atoms with Gasteiger partial charge in [0, 0.05) is 29.5 Å². The van der Waals surface area contributed by atoms with E-state index in [-0.39, 0.29) is 24.3 Å². The van der Waals surface area contributed by atoms with E-state index in [1.54, 1.807) is 12.1 Å². The average molecular weight is 341 g/mol. The predicted molar refractivity (Wildman–Crippen MR) is 86.3 cm³/mol. The zero-order valence-electron chi connectivity index (χ0n) is 11.9. The molecule has 3 rings (SSSR count). The Morgan fingerprint density at radius 1 is 1.50 bits per heavy atom. The van der Waals surface area contributed by atoms with Gasteiger partial charge in [-0.15, -0.1) is 11.8 Å². The van der Waals surface area contributed by atoms with Gasteiger partial charge in [0.2, 0.25) is 11.8 Å². The van der Waals surface area contributed by atoms with Gasteiger partial charge in [0.15, 0.2) is 0 Å². The number of ether oxygens (including phenoxy) is 1. The molecule has 5 nitrogen and oxygen atoms in total. The molecule has 1 saturated heterocycles. The van der Waals surface area contributed by atoms with Crippen LogP contribution in [0.2, 0.25) is 5.02 Å². The summed E-state index contributed by atoms with van der Waals surface area (Å²) in [4.78, 5) is 25.0. The maximum atomic E-state index is 12.1. The predicted octanol–water partition coefficient (Wildman–Crippen LogP) is 2.44. The number of anilines is 1. The smallest absolute Gasteiger partial charge is 0.238 e. The number of carbonyl (C=O) groups excluding carboxylic acids is 2. The summed E-state index contributed by atoms with van der Waals surface area (Å²) in [5.74, 6) is -0.285. The number of halogens is 1. The van der Waals surface area contributed by atoms with Gasteiger partial charge in [0.25, 0.3) is 0 Å². The van der Waals surface area contributed by atoms with Crippen molar-refractivity contribution >= 4 is 40.9 Å². The minimum Gasteiger partial charge on any atom is -0.376 e. The van der Waals surface area contributed by atoms with E-state index < -0.39 is 5.25 Å².